The molecule has 1 heterocycles. The summed E-state index contributed by atoms with van der Waals surface area (Å²) < 4.78 is 49.9. The molecule has 182 valence electrons. The normalized spacial score (nSPS) is 13.1. The minimum absolute atomic E-state index is 0.109. The molecule has 1 aliphatic heterocycles. The number of amides is 1. The SMILES string of the molecule is CCOC(=O)Cc1cccc(COc2cccc3c2CN(c2ccc(C(F)(F)F)cc2Cl)C3=O)c1. The van der Waals surface area contributed by atoms with Crippen LogP contribution in [0.4, 0.5) is 18.9 Å². The molecule has 0 bridgehead atoms. The maximum atomic E-state index is 13.0. The fourth-order valence-corrected chi connectivity index (χ4v) is 4.19. The number of alkyl halides is 3. The van der Waals surface area contributed by atoms with Gasteiger partial charge in [-0.25, -0.2) is 0 Å². The second-order valence-corrected chi connectivity index (χ2v) is 8.34. The van der Waals surface area contributed by atoms with Gasteiger partial charge in [0.05, 0.1) is 35.8 Å². The Bertz CT molecular complexity index is 1280. The average molecular weight is 504 g/mol. The highest BCUT2D eigenvalue weighted by Gasteiger charge is 2.35. The highest BCUT2D eigenvalue weighted by Crippen LogP contribution is 2.39. The highest BCUT2D eigenvalue weighted by molar-refractivity contribution is 6.34. The van der Waals surface area contributed by atoms with Crippen molar-refractivity contribution in [2.24, 2.45) is 0 Å². The van der Waals surface area contributed by atoms with Crippen molar-refractivity contribution >= 4 is 29.2 Å². The van der Waals surface area contributed by atoms with Gasteiger partial charge in [0.15, 0.2) is 0 Å². The first-order chi connectivity index (χ1) is 16.7. The first kappa shape index (κ1) is 24.6. The smallest absolute Gasteiger partial charge is 0.416 e. The van der Waals surface area contributed by atoms with E-state index in [2.05, 4.69) is 0 Å². The van der Waals surface area contributed by atoms with Crippen LogP contribution in [0.5, 0.6) is 5.75 Å². The molecule has 9 heteroatoms. The van der Waals surface area contributed by atoms with Crippen LogP contribution in [0.15, 0.2) is 60.7 Å². The maximum Gasteiger partial charge on any atom is 0.416 e. The number of ether oxygens (including phenoxy) is 2. The number of halogens is 4. The van der Waals surface area contributed by atoms with E-state index in [9.17, 15) is 22.8 Å². The second kappa shape index (κ2) is 10.00. The van der Waals surface area contributed by atoms with Crippen molar-refractivity contribution in [1.82, 2.24) is 0 Å². The van der Waals surface area contributed by atoms with Crippen LogP contribution in [0.3, 0.4) is 0 Å². The molecule has 3 aromatic rings. The zero-order valence-electron chi connectivity index (χ0n) is 18.7. The molecule has 0 N–H and O–H groups in total. The molecular formula is C26H21ClF3NO4. The molecule has 0 fully saturated rings. The van der Waals surface area contributed by atoms with E-state index in [-0.39, 0.29) is 42.2 Å². The predicted octanol–water partition coefficient (Wildman–Crippen LogP) is 6.20. The number of anilines is 1. The lowest BCUT2D eigenvalue weighted by Gasteiger charge is -2.19. The number of carbonyl (C=O) groups is 2. The van der Waals surface area contributed by atoms with Gasteiger partial charge in [-0.2, -0.15) is 13.2 Å². The Labute approximate surface area is 205 Å². The molecule has 0 atom stereocenters. The van der Waals surface area contributed by atoms with Crippen LogP contribution in [0.25, 0.3) is 0 Å². The van der Waals surface area contributed by atoms with Gasteiger partial charge in [-0.15, -0.1) is 0 Å². The van der Waals surface area contributed by atoms with Crippen LogP contribution in [0.1, 0.15) is 39.5 Å². The van der Waals surface area contributed by atoms with E-state index in [1.807, 2.05) is 24.3 Å². The summed E-state index contributed by atoms with van der Waals surface area (Å²) in [6.07, 6.45) is -4.38. The third kappa shape index (κ3) is 5.43. The Morgan fingerprint density at radius 2 is 1.80 bits per heavy atom. The fraction of sp³-hybridized carbons (Fsp3) is 0.231. The van der Waals surface area contributed by atoms with Crippen molar-refractivity contribution in [3.05, 3.63) is 93.5 Å². The van der Waals surface area contributed by atoms with Crippen LogP contribution < -0.4 is 9.64 Å². The molecule has 0 spiro atoms. The largest absolute Gasteiger partial charge is 0.489 e. The number of fused-ring (bicyclic) bond motifs is 1. The van der Waals surface area contributed by atoms with Crippen LogP contribution >= 0.6 is 11.6 Å². The molecule has 0 aromatic heterocycles. The lowest BCUT2D eigenvalue weighted by Crippen LogP contribution is -2.23. The van der Waals surface area contributed by atoms with E-state index in [1.54, 1.807) is 25.1 Å². The fourth-order valence-electron chi connectivity index (χ4n) is 3.91. The molecule has 3 aromatic carbocycles. The molecule has 4 rings (SSSR count). The first-order valence-corrected chi connectivity index (χ1v) is 11.2. The minimum Gasteiger partial charge on any atom is -0.489 e. The minimum atomic E-state index is -4.53. The lowest BCUT2D eigenvalue weighted by molar-refractivity contribution is -0.142. The quantitative estimate of drug-likeness (QED) is 0.360. The van der Waals surface area contributed by atoms with Crippen LogP contribution in [0.2, 0.25) is 5.02 Å². The number of rotatable bonds is 7. The number of benzene rings is 3. The van der Waals surface area contributed by atoms with Gasteiger partial charge in [0.1, 0.15) is 12.4 Å². The van der Waals surface area contributed by atoms with E-state index in [0.717, 1.165) is 23.3 Å². The zero-order valence-corrected chi connectivity index (χ0v) is 19.4. The molecule has 35 heavy (non-hydrogen) atoms. The van der Waals surface area contributed by atoms with Gasteiger partial charge >= 0.3 is 12.1 Å². The van der Waals surface area contributed by atoms with Crippen molar-refractivity contribution in [2.45, 2.75) is 32.7 Å². The van der Waals surface area contributed by atoms with E-state index in [1.165, 1.54) is 11.0 Å². The van der Waals surface area contributed by atoms with E-state index < -0.39 is 11.7 Å². The molecular weight excluding hydrogens is 483 g/mol. The van der Waals surface area contributed by atoms with Gasteiger partial charge in [0, 0.05) is 11.1 Å². The Kier molecular flexibility index (Phi) is 7.03. The lowest BCUT2D eigenvalue weighted by atomic mass is 10.1. The molecule has 0 unspecified atom stereocenters. The molecule has 5 nitrogen and oxygen atoms in total. The summed E-state index contributed by atoms with van der Waals surface area (Å²) in [7, 11) is 0. The summed E-state index contributed by atoms with van der Waals surface area (Å²) in [5.41, 5.74) is 1.95. The van der Waals surface area contributed by atoms with Crippen LogP contribution in [0, 0.1) is 0 Å². The van der Waals surface area contributed by atoms with Gasteiger partial charge in [0.2, 0.25) is 0 Å². The molecule has 1 amide bonds. The molecule has 0 saturated carbocycles. The monoisotopic (exact) mass is 503 g/mol. The second-order valence-electron chi connectivity index (χ2n) is 7.93. The molecule has 0 saturated heterocycles. The summed E-state index contributed by atoms with van der Waals surface area (Å²) in [5, 5.41) is -0.165. The summed E-state index contributed by atoms with van der Waals surface area (Å²) in [6.45, 7) is 2.37. The Hall–Kier alpha value is -3.52. The Balaban J connectivity index is 1.51. The van der Waals surface area contributed by atoms with Gasteiger partial charge < -0.3 is 14.4 Å². The molecule has 1 aliphatic rings. The predicted molar refractivity (Wildman–Crippen MR) is 125 cm³/mol. The van der Waals surface area contributed by atoms with Crippen molar-refractivity contribution < 1.29 is 32.2 Å². The number of nitrogens with zero attached hydrogens (tertiary/aromatic N) is 1. The van der Waals surface area contributed by atoms with Crippen LogP contribution in [-0.2, 0) is 35.3 Å². The van der Waals surface area contributed by atoms with Gasteiger partial charge in [-0.1, -0.05) is 41.9 Å². The zero-order chi connectivity index (χ0) is 25.2. The highest BCUT2D eigenvalue weighted by atomic mass is 35.5. The third-order valence-corrected chi connectivity index (χ3v) is 5.83. The van der Waals surface area contributed by atoms with E-state index in [0.29, 0.717) is 23.5 Å². The molecule has 0 radical (unpaired) electrons. The standard InChI is InChI=1S/C26H21ClF3NO4/c1-2-34-24(32)12-16-5-3-6-17(11-16)15-35-23-8-4-7-19-20(23)14-31(25(19)33)22-10-9-18(13-21(22)27)26(28,29)30/h3-11,13H,2,12,14-15H2,1H3. The summed E-state index contributed by atoms with van der Waals surface area (Å²) in [5.74, 6) is -0.201. The van der Waals surface area contributed by atoms with Crippen LogP contribution in [-0.4, -0.2) is 18.5 Å². The number of hydrogen-bond acceptors (Lipinski definition) is 4. The van der Waals surface area contributed by atoms with Crippen molar-refractivity contribution in [1.29, 1.82) is 0 Å². The Morgan fingerprint density at radius 1 is 1.06 bits per heavy atom. The topological polar surface area (TPSA) is 55.8 Å². The summed E-state index contributed by atoms with van der Waals surface area (Å²) >= 11 is 6.12. The van der Waals surface area contributed by atoms with E-state index in [4.69, 9.17) is 21.1 Å². The average Bonchev–Trinajstić information content (AvgIpc) is 3.14. The van der Waals surface area contributed by atoms with Crippen molar-refractivity contribution in [2.75, 3.05) is 11.5 Å². The van der Waals surface area contributed by atoms with Gasteiger partial charge in [-0.05, 0) is 48.4 Å². The summed E-state index contributed by atoms with van der Waals surface area (Å²) in [6, 6.07) is 15.3. The first-order valence-electron chi connectivity index (χ1n) is 10.8. The Morgan fingerprint density at radius 3 is 2.51 bits per heavy atom. The third-order valence-electron chi connectivity index (χ3n) is 5.53. The molecule has 0 aliphatic carbocycles. The van der Waals surface area contributed by atoms with Gasteiger partial charge in [-0.3, -0.25) is 9.59 Å². The van der Waals surface area contributed by atoms with Gasteiger partial charge in [0.25, 0.3) is 5.91 Å². The van der Waals surface area contributed by atoms with E-state index >= 15 is 0 Å². The maximum absolute atomic E-state index is 13.0. The summed E-state index contributed by atoms with van der Waals surface area (Å²) in [4.78, 5) is 26.1. The number of carbonyl (C=O) groups excluding carboxylic acids is 2. The van der Waals surface area contributed by atoms with Crippen molar-refractivity contribution in [3.63, 3.8) is 0 Å². The number of esters is 1. The number of hydrogen-bond donors (Lipinski definition) is 0. The van der Waals surface area contributed by atoms with Crippen molar-refractivity contribution in [3.8, 4) is 5.75 Å².